The third kappa shape index (κ3) is 2.28. The van der Waals surface area contributed by atoms with E-state index in [-0.39, 0.29) is 0 Å². The molecule has 0 aliphatic heterocycles. The summed E-state index contributed by atoms with van der Waals surface area (Å²) in [6, 6.07) is 14.8. The predicted molar refractivity (Wildman–Crippen MR) is 74.6 cm³/mol. The maximum atomic E-state index is 5.62. The van der Waals surface area contributed by atoms with Crippen LogP contribution in [0.4, 0.5) is 5.13 Å². The van der Waals surface area contributed by atoms with Gasteiger partial charge < -0.3 is 5.73 Å². The van der Waals surface area contributed by atoms with E-state index in [0.29, 0.717) is 5.13 Å². The summed E-state index contributed by atoms with van der Waals surface area (Å²) in [5.41, 5.74) is 5.62. The number of hydrogen-bond acceptors (Lipinski definition) is 4. The molecule has 3 rings (SSSR count). The van der Waals surface area contributed by atoms with Gasteiger partial charge in [0.15, 0.2) is 5.13 Å². The predicted octanol–water partition coefficient (Wildman–Crippen LogP) is 4.03. The second kappa shape index (κ2) is 4.39. The molecular formula is C13H10N2S2. The highest BCUT2D eigenvalue weighted by molar-refractivity contribution is 8.01. The Hall–Kier alpha value is -1.52. The fraction of sp³-hybridized carbons (Fsp3) is 0. The Morgan fingerprint density at radius 3 is 2.65 bits per heavy atom. The number of nitrogen functional groups attached to an aromatic ring is 1. The summed E-state index contributed by atoms with van der Waals surface area (Å²) >= 11 is 3.22. The molecule has 0 spiro atoms. The average molecular weight is 258 g/mol. The SMILES string of the molecule is Nc1ncc(Sc2ccc3ccccc3c2)s1. The normalized spacial score (nSPS) is 10.8. The number of thiazole rings is 1. The number of benzene rings is 2. The molecule has 0 radical (unpaired) electrons. The maximum absolute atomic E-state index is 5.62. The molecule has 0 aliphatic carbocycles. The molecule has 4 heteroatoms. The minimum Gasteiger partial charge on any atom is -0.375 e. The Morgan fingerprint density at radius 2 is 1.88 bits per heavy atom. The summed E-state index contributed by atoms with van der Waals surface area (Å²) in [5.74, 6) is 0. The summed E-state index contributed by atoms with van der Waals surface area (Å²) in [4.78, 5) is 5.27. The zero-order chi connectivity index (χ0) is 11.7. The van der Waals surface area contributed by atoms with Crippen molar-refractivity contribution in [2.24, 2.45) is 0 Å². The first-order valence-electron chi connectivity index (χ1n) is 5.19. The van der Waals surface area contributed by atoms with E-state index in [0.717, 1.165) is 4.21 Å². The van der Waals surface area contributed by atoms with E-state index in [1.165, 1.54) is 27.0 Å². The summed E-state index contributed by atoms with van der Waals surface area (Å²) in [5, 5.41) is 3.14. The van der Waals surface area contributed by atoms with E-state index < -0.39 is 0 Å². The van der Waals surface area contributed by atoms with E-state index in [1.807, 2.05) is 6.20 Å². The van der Waals surface area contributed by atoms with E-state index in [4.69, 9.17) is 5.73 Å². The lowest BCUT2D eigenvalue weighted by Gasteiger charge is -2.01. The van der Waals surface area contributed by atoms with Crippen molar-refractivity contribution in [3.05, 3.63) is 48.7 Å². The van der Waals surface area contributed by atoms with Crippen molar-refractivity contribution < 1.29 is 0 Å². The second-order valence-electron chi connectivity index (χ2n) is 3.63. The average Bonchev–Trinajstić information content (AvgIpc) is 2.75. The third-order valence-corrected chi connectivity index (χ3v) is 4.36. The van der Waals surface area contributed by atoms with Crippen LogP contribution in [0, 0.1) is 0 Å². The number of rotatable bonds is 2. The summed E-state index contributed by atoms with van der Waals surface area (Å²) < 4.78 is 1.12. The molecule has 2 N–H and O–H groups in total. The topological polar surface area (TPSA) is 38.9 Å². The number of nitrogens with zero attached hydrogens (tertiary/aromatic N) is 1. The van der Waals surface area contributed by atoms with Crippen molar-refractivity contribution in [1.29, 1.82) is 0 Å². The molecule has 0 aliphatic rings. The van der Waals surface area contributed by atoms with Gasteiger partial charge >= 0.3 is 0 Å². The molecule has 17 heavy (non-hydrogen) atoms. The first-order chi connectivity index (χ1) is 8.31. The molecule has 84 valence electrons. The van der Waals surface area contributed by atoms with Crippen molar-refractivity contribution in [2.75, 3.05) is 5.73 Å². The van der Waals surface area contributed by atoms with E-state index in [9.17, 15) is 0 Å². The summed E-state index contributed by atoms with van der Waals surface area (Å²) in [6.07, 6.45) is 1.82. The Labute approximate surface area is 107 Å². The number of fused-ring (bicyclic) bond motifs is 1. The molecule has 0 atom stereocenters. The van der Waals surface area contributed by atoms with Crippen LogP contribution in [-0.4, -0.2) is 4.98 Å². The molecule has 0 fully saturated rings. The van der Waals surface area contributed by atoms with Crippen molar-refractivity contribution in [3.63, 3.8) is 0 Å². The summed E-state index contributed by atoms with van der Waals surface area (Å²) in [6.45, 7) is 0. The van der Waals surface area contributed by atoms with Gasteiger partial charge in [-0.15, -0.1) is 0 Å². The van der Waals surface area contributed by atoms with Crippen LogP contribution in [0.3, 0.4) is 0 Å². The summed E-state index contributed by atoms with van der Waals surface area (Å²) in [7, 11) is 0. The fourth-order valence-electron chi connectivity index (χ4n) is 1.67. The largest absolute Gasteiger partial charge is 0.375 e. The number of anilines is 1. The Bertz CT molecular complexity index is 661. The van der Waals surface area contributed by atoms with Crippen LogP contribution < -0.4 is 5.73 Å². The van der Waals surface area contributed by atoms with Gasteiger partial charge in [-0.05, 0) is 22.9 Å². The van der Waals surface area contributed by atoms with Crippen LogP contribution in [0.25, 0.3) is 10.8 Å². The monoisotopic (exact) mass is 258 g/mol. The number of aromatic nitrogens is 1. The minimum absolute atomic E-state index is 0.619. The quantitative estimate of drug-likeness (QED) is 0.754. The van der Waals surface area contributed by atoms with Crippen LogP contribution in [0.5, 0.6) is 0 Å². The fourth-order valence-corrected chi connectivity index (χ4v) is 3.45. The smallest absolute Gasteiger partial charge is 0.181 e. The molecule has 0 amide bonds. The van der Waals surface area contributed by atoms with Crippen LogP contribution in [-0.2, 0) is 0 Å². The Balaban J connectivity index is 1.95. The van der Waals surface area contributed by atoms with Crippen molar-refractivity contribution in [1.82, 2.24) is 4.98 Å². The zero-order valence-corrected chi connectivity index (χ0v) is 10.6. The van der Waals surface area contributed by atoms with E-state index >= 15 is 0 Å². The van der Waals surface area contributed by atoms with Crippen LogP contribution in [0.2, 0.25) is 0 Å². The molecule has 0 saturated heterocycles. The first-order valence-corrected chi connectivity index (χ1v) is 6.82. The lowest BCUT2D eigenvalue weighted by atomic mass is 10.1. The van der Waals surface area contributed by atoms with Gasteiger partial charge in [-0.2, -0.15) is 0 Å². The highest BCUT2D eigenvalue weighted by Gasteiger charge is 2.02. The van der Waals surface area contributed by atoms with E-state index in [1.54, 1.807) is 11.8 Å². The standard InChI is InChI=1S/C13H10N2S2/c14-13-15-8-12(17-13)16-11-6-5-9-3-1-2-4-10(9)7-11/h1-8H,(H2,14,15). The lowest BCUT2D eigenvalue weighted by Crippen LogP contribution is -1.77. The highest BCUT2D eigenvalue weighted by Crippen LogP contribution is 2.34. The Morgan fingerprint density at radius 1 is 1.06 bits per heavy atom. The number of hydrogen-bond donors (Lipinski definition) is 1. The second-order valence-corrected chi connectivity index (χ2v) is 6.06. The molecule has 0 saturated carbocycles. The molecule has 0 unspecified atom stereocenters. The van der Waals surface area contributed by atoms with Crippen molar-refractivity contribution in [3.8, 4) is 0 Å². The van der Waals surface area contributed by atoms with Gasteiger partial charge in [0.25, 0.3) is 0 Å². The molecular weight excluding hydrogens is 248 g/mol. The van der Waals surface area contributed by atoms with Crippen molar-refractivity contribution in [2.45, 2.75) is 9.10 Å². The molecule has 3 aromatic rings. The Kier molecular flexibility index (Phi) is 2.74. The van der Waals surface area contributed by atoms with Gasteiger partial charge in [0, 0.05) is 4.90 Å². The molecule has 2 nitrogen and oxygen atoms in total. The highest BCUT2D eigenvalue weighted by atomic mass is 32.2. The molecule has 2 aromatic carbocycles. The first kappa shape index (κ1) is 10.6. The molecule has 0 bridgehead atoms. The lowest BCUT2D eigenvalue weighted by molar-refractivity contribution is 1.37. The zero-order valence-electron chi connectivity index (χ0n) is 8.96. The van der Waals surface area contributed by atoms with Gasteiger partial charge in [-0.1, -0.05) is 53.4 Å². The van der Waals surface area contributed by atoms with Gasteiger partial charge in [0.2, 0.25) is 0 Å². The van der Waals surface area contributed by atoms with Crippen LogP contribution >= 0.6 is 23.1 Å². The minimum atomic E-state index is 0.619. The van der Waals surface area contributed by atoms with Gasteiger partial charge in [-0.25, -0.2) is 4.98 Å². The molecule has 1 aromatic heterocycles. The van der Waals surface area contributed by atoms with E-state index in [2.05, 4.69) is 47.4 Å². The van der Waals surface area contributed by atoms with Crippen LogP contribution in [0.1, 0.15) is 0 Å². The third-order valence-electron chi connectivity index (χ3n) is 2.44. The van der Waals surface area contributed by atoms with Crippen LogP contribution in [0.15, 0.2) is 57.8 Å². The van der Waals surface area contributed by atoms with Gasteiger partial charge in [0.05, 0.1) is 10.4 Å². The molecule has 1 heterocycles. The van der Waals surface area contributed by atoms with Gasteiger partial charge in [0.1, 0.15) is 0 Å². The van der Waals surface area contributed by atoms with Gasteiger partial charge in [-0.3, -0.25) is 0 Å². The van der Waals surface area contributed by atoms with Crippen molar-refractivity contribution >= 4 is 39.0 Å². The maximum Gasteiger partial charge on any atom is 0.181 e. The number of nitrogens with two attached hydrogens (primary N) is 1.